The van der Waals surface area contributed by atoms with Gasteiger partial charge in [-0.2, -0.15) is 12.6 Å². The van der Waals surface area contributed by atoms with Crippen molar-refractivity contribution in [3.63, 3.8) is 0 Å². The van der Waals surface area contributed by atoms with Crippen molar-refractivity contribution in [3.8, 4) is 16.8 Å². The minimum atomic E-state index is 0.224. The number of nitrogens with zero attached hydrogens (tertiary/aromatic N) is 2. The highest BCUT2D eigenvalue weighted by Gasteiger charge is 2.65. The van der Waals surface area contributed by atoms with Gasteiger partial charge in [-0.3, -0.25) is 0 Å². The molecule has 65 heavy (non-hydrogen) atoms. The number of thiol groups is 1. The Morgan fingerprint density at radius 3 is 1.95 bits per heavy atom. The lowest BCUT2D eigenvalue weighted by Crippen LogP contribution is -2.61. The molecule has 5 aliphatic carbocycles. The van der Waals surface area contributed by atoms with E-state index >= 15 is 0 Å². The standard InChI is InChI=1S/C62H70N2S/c1-41(2)14-8-9-15-46-26-31-58-60(46,3)36-34-59-61(4)35-32-45(38-47(61)33-37-62(58,59)65)42-22-27-49(28-23-42)64-55-21-13-11-19-51(55)53-40-44(25-30-57(53)64)43-24-29-56-52(39-43)50-18-10-12-20-54(50)63(56)48-16-6-5-7-17-48/h6,10-13,16-25,27-30,39-41,45-47,58-59,65H,5,7-9,14-15,26,31-38H2,1-4H3. The van der Waals surface area contributed by atoms with Crippen LogP contribution in [0.5, 0.6) is 0 Å². The van der Waals surface area contributed by atoms with Gasteiger partial charge in [0.05, 0.1) is 22.1 Å². The third-order valence-corrected chi connectivity index (χ3v) is 19.9. The summed E-state index contributed by atoms with van der Waals surface area (Å²) < 4.78 is 5.18. The SMILES string of the molecule is CC(C)CCCCC1CCC2C1(C)CCC1C3(C)CCC(c4ccc(-n5c6ccccc6c6cc(-c7ccc8c(c7)c7ccccc7n8C7=CCCC=C7)ccc65)cc4)CC3CCC21S. The molecule has 0 saturated heterocycles. The smallest absolute Gasteiger partial charge is 0.0541 e. The van der Waals surface area contributed by atoms with Crippen LogP contribution >= 0.6 is 12.6 Å². The van der Waals surface area contributed by atoms with Gasteiger partial charge in [0.15, 0.2) is 0 Å². The van der Waals surface area contributed by atoms with Crippen LogP contribution < -0.4 is 0 Å². The van der Waals surface area contributed by atoms with Gasteiger partial charge in [0.2, 0.25) is 0 Å². The molecule has 0 N–H and O–H groups in total. The van der Waals surface area contributed by atoms with Crippen LogP contribution in [-0.4, -0.2) is 13.9 Å². The number of para-hydroxylation sites is 2. The van der Waals surface area contributed by atoms with Crippen molar-refractivity contribution in [3.05, 3.63) is 133 Å². The van der Waals surface area contributed by atoms with Crippen LogP contribution in [0, 0.1) is 40.4 Å². The Balaban J connectivity index is 0.795. The third-order valence-electron chi connectivity index (χ3n) is 19.1. The Kier molecular flexibility index (Phi) is 10.4. The van der Waals surface area contributed by atoms with Gasteiger partial charge in [-0.15, -0.1) is 0 Å². The summed E-state index contributed by atoms with van der Waals surface area (Å²) in [5.74, 6) is 4.77. The van der Waals surface area contributed by atoms with Gasteiger partial charge in [-0.1, -0.05) is 120 Å². The highest BCUT2D eigenvalue weighted by atomic mass is 32.1. The first-order valence-corrected chi connectivity index (χ1v) is 26.4. The molecule has 0 spiro atoms. The van der Waals surface area contributed by atoms with E-state index in [-0.39, 0.29) is 4.75 Å². The molecule has 2 nitrogen and oxygen atoms in total. The summed E-state index contributed by atoms with van der Waals surface area (Å²) in [5.41, 5.74) is 12.6. The molecule has 5 aromatic carbocycles. The van der Waals surface area contributed by atoms with Crippen LogP contribution in [0.1, 0.15) is 135 Å². The second kappa shape index (κ2) is 16.1. The van der Waals surface area contributed by atoms with Crippen LogP contribution in [0.3, 0.4) is 0 Å². The van der Waals surface area contributed by atoms with Crippen LogP contribution in [0.4, 0.5) is 0 Å². The first-order chi connectivity index (χ1) is 31.6. The maximum absolute atomic E-state index is 5.90. The van der Waals surface area contributed by atoms with E-state index in [4.69, 9.17) is 12.6 Å². The van der Waals surface area contributed by atoms with Crippen molar-refractivity contribution in [1.29, 1.82) is 0 Å². The van der Waals surface area contributed by atoms with E-state index in [1.807, 2.05) is 0 Å². The minimum absolute atomic E-state index is 0.224. The number of benzene rings is 5. The maximum atomic E-state index is 5.90. The number of unbranched alkanes of at least 4 members (excludes halogenated alkanes) is 1. The molecule has 7 aromatic rings. The molecule has 4 fully saturated rings. The van der Waals surface area contributed by atoms with E-state index in [9.17, 15) is 0 Å². The topological polar surface area (TPSA) is 9.86 Å². The van der Waals surface area contributed by atoms with Crippen molar-refractivity contribution in [2.24, 2.45) is 40.4 Å². The fourth-order valence-corrected chi connectivity index (χ4v) is 16.7. The second-order valence-electron chi connectivity index (χ2n) is 22.7. The monoisotopic (exact) mass is 875 g/mol. The Morgan fingerprint density at radius 1 is 0.615 bits per heavy atom. The number of hydrogen-bond donors (Lipinski definition) is 1. The van der Waals surface area contributed by atoms with Crippen molar-refractivity contribution >= 4 is 61.9 Å². The zero-order valence-corrected chi connectivity index (χ0v) is 40.4. The van der Waals surface area contributed by atoms with Gasteiger partial charge < -0.3 is 9.13 Å². The summed E-state index contributed by atoms with van der Waals surface area (Å²) >= 11 is 5.90. The zero-order valence-electron chi connectivity index (χ0n) is 39.5. The Hall–Kier alpha value is -4.47. The van der Waals surface area contributed by atoms with Crippen molar-refractivity contribution in [1.82, 2.24) is 9.13 Å². The molecular formula is C62H70N2S. The van der Waals surface area contributed by atoms with Crippen LogP contribution in [0.15, 0.2) is 127 Å². The zero-order chi connectivity index (χ0) is 44.1. The average molecular weight is 875 g/mol. The second-order valence-corrected chi connectivity index (χ2v) is 23.5. The van der Waals surface area contributed by atoms with Gasteiger partial charge in [0, 0.05) is 37.7 Å². The molecule has 2 heterocycles. The van der Waals surface area contributed by atoms with E-state index in [1.165, 1.54) is 150 Å². The molecule has 5 aliphatic rings. The van der Waals surface area contributed by atoms with Gasteiger partial charge in [0.1, 0.15) is 0 Å². The van der Waals surface area contributed by atoms with Crippen molar-refractivity contribution < 1.29 is 0 Å². The van der Waals surface area contributed by atoms with E-state index in [2.05, 4.69) is 164 Å². The normalized spacial score (nSPS) is 30.0. The maximum Gasteiger partial charge on any atom is 0.0541 e. The fraction of sp³-hybridized carbons (Fsp3) is 0.452. The number of rotatable bonds is 9. The molecule has 12 rings (SSSR count). The predicted molar refractivity (Wildman–Crippen MR) is 281 cm³/mol. The van der Waals surface area contributed by atoms with Gasteiger partial charge in [-0.05, 0) is 195 Å². The fourth-order valence-electron chi connectivity index (χ4n) is 15.7. The highest BCUT2D eigenvalue weighted by Crippen LogP contribution is 2.72. The summed E-state index contributed by atoms with van der Waals surface area (Å²) in [6, 6.07) is 41.9. The van der Waals surface area contributed by atoms with E-state index in [1.54, 1.807) is 5.56 Å². The molecule has 0 amide bonds. The van der Waals surface area contributed by atoms with E-state index in [0.717, 1.165) is 42.4 Å². The van der Waals surface area contributed by atoms with E-state index < -0.39 is 0 Å². The lowest BCUT2D eigenvalue weighted by molar-refractivity contribution is -0.0956. The third kappa shape index (κ3) is 6.70. The molecule has 0 radical (unpaired) electrons. The number of aromatic nitrogens is 2. The Morgan fingerprint density at radius 2 is 1.26 bits per heavy atom. The summed E-state index contributed by atoms with van der Waals surface area (Å²) in [4.78, 5) is 0. The van der Waals surface area contributed by atoms with E-state index in [0.29, 0.717) is 16.7 Å². The predicted octanol–water partition coefficient (Wildman–Crippen LogP) is 17.8. The lowest BCUT2D eigenvalue weighted by Gasteiger charge is -2.65. The number of fused-ring (bicyclic) bond motifs is 11. The Labute approximate surface area is 394 Å². The summed E-state index contributed by atoms with van der Waals surface area (Å²) in [7, 11) is 0. The first kappa shape index (κ1) is 41.9. The summed E-state index contributed by atoms with van der Waals surface area (Å²) in [5, 5.41) is 5.24. The molecular weight excluding hydrogens is 805 g/mol. The molecule has 8 atom stereocenters. The molecule has 2 aromatic heterocycles. The van der Waals surface area contributed by atoms with Gasteiger partial charge in [-0.25, -0.2) is 0 Å². The Bertz CT molecular complexity index is 2990. The molecule has 334 valence electrons. The summed E-state index contributed by atoms with van der Waals surface area (Å²) in [6.45, 7) is 10.2. The van der Waals surface area contributed by atoms with Crippen LogP contribution in [-0.2, 0) is 0 Å². The highest BCUT2D eigenvalue weighted by molar-refractivity contribution is 7.81. The molecule has 0 aliphatic heterocycles. The van der Waals surface area contributed by atoms with Crippen LogP contribution in [0.2, 0.25) is 0 Å². The lowest BCUT2D eigenvalue weighted by atomic mass is 9.43. The molecule has 3 heteroatoms. The minimum Gasteiger partial charge on any atom is -0.310 e. The van der Waals surface area contributed by atoms with Crippen molar-refractivity contribution in [2.75, 3.05) is 0 Å². The molecule has 8 unspecified atom stereocenters. The van der Waals surface area contributed by atoms with Crippen molar-refractivity contribution in [2.45, 2.75) is 135 Å². The van der Waals surface area contributed by atoms with Crippen LogP contribution in [0.25, 0.3) is 66.1 Å². The quantitative estimate of drug-likeness (QED) is 0.109. The number of allylic oxidation sites excluding steroid dienone is 4. The van der Waals surface area contributed by atoms with Gasteiger partial charge >= 0.3 is 0 Å². The average Bonchev–Trinajstić information content (AvgIpc) is 3.97. The molecule has 4 saturated carbocycles. The number of hydrogen-bond acceptors (Lipinski definition) is 1. The molecule has 0 bridgehead atoms. The largest absolute Gasteiger partial charge is 0.310 e. The van der Waals surface area contributed by atoms with Gasteiger partial charge in [0.25, 0.3) is 0 Å². The first-order valence-electron chi connectivity index (χ1n) is 25.9. The summed E-state index contributed by atoms with van der Waals surface area (Å²) in [6.07, 6.45) is 27.3.